The van der Waals surface area contributed by atoms with E-state index in [1.165, 1.54) is 0 Å². The van der Waals surface area contributed by atoms with Gasteiger partial charge in [0.25, 0.3) is 0 Å². The number of rotatable bonds is 13. The van der Waals surface area contributed by atoms with Crippen LogP contribution < -0.4 is 10.6 Å². The Morgan fingerprint density at radius 2 is 1.84 bits per heavy atom. The van der Waals surface area contributed by atoms with Crippen LogP contribution in [0.25, 0.3) is 0 Å². The lowest BCUT2D eigenvalue weighted by atomic mass is 9.36. The second kappa shape index (κ2) is 13.4. The molecule has 13 atom stereocenters. The number of carbonyl (C=O) groups is 2. The van der Waals surface area contributed by atoms with Crippen LogP contribution in [0.4, 0.5) is 0 Å². The molecule has 6 rings (SSSR count). The molecule has 4 saturated carbocycles. The fourth-order valence-electron chi connectivity index (χ4n) is 12.2. The predicted octanol–water partition coefficient (Wildman–Crippen LogP) is 2.80. The normalized spacial score (nSPS) is 47.0. The molecule has 49 heavy (non-hydrogen) atoms. The van der Waals surface area contributed by atoms with E-state index in [9.17, 15) is 35.1 Å². The topological polar surface area (TPSA) is 169 Å². The molecule has 0 radical (unpaired) electrons. The van der Waals surface area contributed by atoms with E-state index < -0.39 is 63.8 Å². The molecule has 0 aromatic carbocycles. The molecular formula is C39H62N2O8. The largest absolute Gasteiger partial charge is 0.450 e. The van der Waals surface area contributed by atoms with E-state index in [0.29, 0.717) is 38.6 Å². The third-order valence-corrected chi connectivity index (χ3v) is 14.5. The number of esters is 1. The van der Waals surface area contributed by atoms with Gasteiger partial charge in [-0.2, -0.15) is 0 Å². The minimum atomic E-state index is -2.12. The Kier molecular flexibility index (Phi) is 10.1. The van der Waals surface area contributed by atoms with Gasteiger partial charge in [-0.1, -0.05) is 59.5 Å². The van der Waals surface area contributed by atoms with Crippen molar-refractivity contribution in [2.75, 3.05) is 26.7 Å². The fraction of sp³-hybridized carbons (Fsp3) is 0.846. The van der Waals surface area contributed by atoms with Crippen LogP contribution >= 0.6 is 0 Å². The van der Waals surface area contributed by atoms with Crippen molar-refractivity contribution >= 4 is 12.3 Å². The van der Waals surface area contributed by atoms with Gasteiger partial charge in [0, 0.05) is 49.4 Å². The average molecular weight is 687 g/mol. The van der Waals surface area contributed by atoms with Crippen LogP contribution in [0, 0.1) is 46.3 Å². The van der Waals surface area contributed by atoms with Crippen LogP contribution in [0.3, 0.4) is 0 Å². The lowest BCUT2D eigenvalue weighted by Gasteiger charge is -2.72. The zero-order valence-electron chi connectivity index (χ0n) is 30.3. The summed E-state index contributed by atoms with van der Waals surface area (Å²) in [5.41, 5.74) is -6.42. The Morgan fingerprint density at radius 3 is 2.51 bits per heavy atom. The summed E-state index contributed by atoms with van der Waals surface area (Å²) >= 11 is 0. The van der Waals surface area contributed by atoms with Crippen LogP contribution in [0.5, 0.6) is 0 Å². The zero-order chi connectivity index (χ0) is 35.6. The molecule has 0 aromatic heterocycles. The number of fused-ring (bicyclic) bond motifs is 9. The molecular weight excluding hydrogens is 624 g/mol. The third-order valence-electron chi connectivity index (χ3n) is 14.5. The Hall–Kier alpha value is -1.66. The van der Waals surface area contributed by atoms with Crippen molar-refractivity contribution in [1.29, 1.82) is 0 Å². The van der Waals surface area contributed by atoms with Gasteiger partial charge in [-0.25, -0.2) is 4.79 Å². The van der Waals surface area contributed by atoms with Crippen LogP contribution in [0.1, 0.15) is 98.3 Å². The van der Waals surface area contributed by atoms with Crippen LogP contribution in [0.2, 0.25) is 0 Å². The second-order valence-corrected chi connectivity index (χ2v) is 17.4. The highest BCUT2D eigenvalue weighted by atomic mass is 16.5. The molecule has 4 fully saturated rings. The second-order valence-electron chi connectivity index (χ2n) is 17.4. The minimum Gasteiger partial charge on any atom is -0.450 e. The van der Waals surface area contributed by atoms with E-state index in [1.807, 2.05) is 14.0 Å². The molecule has 5 aliphatic carbocycles. The molecule has 0 aromatic rings. The summed E-state index contributed by atoms with van der Waals surface area (Å²) in [6, 6.07) is 0. The molecule has 6 aliphatic rings. The van der Waals surface area contributed by atoms with Crippen molar-refractivity contribution in [1.82, 2.24) is 10.6 Å². The first kappa shape index (κ1) is 37.1. The van der Waals surface area contributed by atoms with Crippen molar-refractivity contribution in [2.45, 2.75) is 133 Å². The smallest absolute Gasteiger partial charge is 0.331 e. The molecule has 0 amide bonds. The molecule has 0 spiro atoms. The number of aldehydes is 1. The van der Waals surface area contributed by atoms with E-state index in [2.05, 4.69) is 37.5 Å². The maximum Gasteiger partial charge on any atom is 0.331 e. The summed E-state index contributed by atoms with van der Waals surface area (Å²) < 4.78 is 5.85. The van der Waals surface area contributed by atoms with E-state index >= 15 is 0 Å². The maximum absolute atomic E-state index is 13.8. The summed E-state index contributed by atoms with van der Waals surface area (Å²) in [7, 11) is 1.89. The molecule has 10 heteroatoms. The molecule has 1 aliphatic heterocycles. The highest BCUT2D eigenvalue weighted by Gasteiger charge is 2.83. The van der Waals surface area contributed by atoms with Gasteiger partial charge < -0.3 is 45.7 Å². The number of aliphatic hydroxyl groups is 5. The van der Waals surface area contributed by atoms with Gasteiger partial charge >= 0.3 is 5.97 Å². The van der Waals surface area contributed by atoms with Crippen molar-refractivity contribution in [3.63, 3.8) is 0 Å². The van der Waals surface area contributed by atoms with E-state index in [4.69, 9.17) is 4.74 Å². The quantitative estimate of drug-likeness (QED) is 0.0663. The number of ether oxygens (including phenoxy) is 1. The standard InChI is InChI=1S/C39H62N2O8/c1-6-7-8-9-24-18-36(22-42)30-12-13-35(4)32-25(16-26(21-41-15-14-40-5)33-27(32)17-31(44)49-33)19-38(35,47)39(30,48)34(45)28(11-10-23(2)3)37(36,46)20-29(24)43/h16-17,22-25,28-30,32-34,40-41,43,45-48H,6-15,18-21H2,1-5H3. The van der Waals surface area contributed by atoms with Crippen molar-refractivity contribution < 1.29 is 39.9 Å². The Balaban J connectivity index is 1.46. The first-order valence-electron chi connectivity index (χ1n) is 19.2. The molecule has 10 nitrogen and oxygen atoms in total. The average Bonchev–Trinajstić information content (AvgIpc) is 3.54. The third kappa shape index (κ3) is 5.28. The summed E-state index contributed by atoms with van der Waals surface area (Å²) in [5.74, 6) is -2.85. The summed E-state index contributed by atoms with van der Waals surface area (Å²) in [6.07, 6.45) is 7.19. The predicted molar refractivity (Wildman–Crippen MR) is 185 cm³/mol. The molecule has 7 N–H and O–H groups in total. The lowest BCUT2D eigenvalue weighted by Crippen LogP contribution is -2.84. The van der Waals surface area contributed by atoms with Crippen LogP contribution in [-0.4, -0.2) is 99.6 Å². The number of hydrogen-bond donors (Lipinski definition) is 7. The van der Waals surface area contributed by atoms with Crippen molar-refractivity contribution in [3.05, 3.63) is 23.3 Å². The highest BCUT2D eigenvalue weighted by Crippen LogP contribution is 2.75. The van der Waals surface area contributed by atoms with Crippen LogP contribution in [0.15, 0.2) is 23.3 Å². The molecule has 1 heterocycles. The van der Waals surface area contributed by atoms with Gasteiger partial charge in [-0.3, -0.25) is 0 Å². The van der Waals surface area contributed by atoms with Gasteiger partial charge in [0.05, 0.1) is 23.2 Å². The first-order chi connectivity index (χ1) is 23.2. The van der Waals surface area contributed by atoms with Gasteiger partial charge in [-0.15, -0.1) is 0 Å². The molecule has 13 unspecified atom stereocenters. The Labute approximate surface area is 292 Å². The fourth-order valence-corrected chi connectivity index (χ4v) is 12.2. The van der Waals surface area contributed by atoms with Crippen LogP contribution in [-0.2, 0) is 14.3 Å². The number of carbonyl (C=O) groups excluding carboxylic acids is 2. The summed E-state index contributed by atoms with van der Waals surface area (Å²) in [4.78, 5) is 26.6. The van der Waals surface area contributed by atoms with E-state index in [-0.39, 0.29) is 42.9 Å². The highest BCUT2D eigenvalue weighted by molar-refractivity contribution is 5.87. The van der Waals surface area contributed by atoms with Crippen molar-refractivity contribution in [2.24, 2.45) is 46.3 Å². The van der Waals surface area contributed by atoms with Gasteiger partial charge in [0.15, 0.2) is 0 Å². The van der Waals surface area contributed by atoms with Crippen molar-refractivity contribution in [3.8, 4) is 0 Å². The van der Waals surface area contributed by atoms with Gasteiger partial charge in [0.1, 0.15) is 23.6 Å². The number of allylic oxidation sites excluding steroid dienone is 1. The minimum absolute atomic E-state index is 0.0451. The monoisotopic (exact) mass is 686 g/mol. The first-order valence-corrected chi connectivity index (χ1v) is 19.2. The Morgan fingerprint density at radius 1 is 1.08 bits per heavy atom. The summed E-state index contributed by atoms with van der Waals surface area (Å²) in [5, 5.41) is 70.3. The number of unbranched alkanes of at least 4 members (excludes halogenated alkanes) is 2. The number of nitrogens with one attached hydrogen (secondary N) is 2. The molecule has 0 bridgehead atoms. The SMILES string of the molecule is CCCCCC1CC2(C=O)C3CCC4(C)C5C6=CC(=O)OC6C(CNCCNC)=CC5CC4(O)C3(O)C(O)C(CCC(C)C)C2(O)CC1O. The molecule has 0 saturated heterocycles. The lowest BCUT2D eigenvalue weighted by molar-refractivity contribution is -0.367. The van der Waals surface area contributed by atoms with E-state index in [0.717, 1.165) is 49.8 Å². The Bertz CT molecular complexity index is 1340. The van der Waals surface area contributed by atoms with Gasteiger partial charge in [0.2, 0.25) is 0 Å². The molecule has 276 valence electrons. The zero-order valence-corrected chi connectivity index (χ0v) is 30.3. The number of likely N-dealkylation sites (N-methyl/N-ethyl adjacent to an activating group) is 1. The van der Waals surface area contributed by atoms with E-state index in [1.54, 1.807) is 6.08 Å². The number of aliphatic hydroxyl groups excluding tert-OH is 2. The number of hydrogen-bond acceptors (Lipinski definition) is 10. The van der Waals surface area contributed by atoms with Gasteiger partial charge in [-0.05, 0) is 80.4 Å². The maximum atomic E-state index is 13.8. The summed E-state index contributed by atoms with van der Waals surface area (Å²) in [6.45, 7) is 10.2.